The number of nitro benzene ring substituents is 1. The third kappa shape index (κ3) is 3.10. The lowest BCUT2D eigenvalue weighted by molar-refractivity contribution is -0.385. The van der Waals surface area contributed by atoms with E-state index in [-0.39, 0.29) is 23.1 Å². The van der Waals surface area contributed by atoms with Crippen molar-refractivity contribution in [2.75, 3.05) is 5.32 Å². The van der Waals surface area contributed by atoms with Gasteiger partial charge in [0.05, 0.1) is 10.5 Å². The molecule has 0 fully saturated rings. The van der Waals surface area contributed by atoms with Crippen molar-refractivity contribution in [2.24, 2.45) is 5.92 Å². The van der Waals surface area contributed by atoms with E-state index in [1.807, 2.05) is 0 Å². The van der Waals surface area contributed by atoms with Crippen molar-refractivity contribution in [3.05, 3.63) is 33.9 Å². The number of carbonyl (C=O) groups excluding carboxylic acids is 2. The number of amides is 1. The van der Waals surface area contributed by atoms with Crippen molar-refractivity contribution < 1.29 is 14.5 Å². The molecule has 0 unspecified atom stereocenters. The summed E-state index contributed by atoms with van der Waals surface area (Å²) in [5.74, 6) is -0.416. The molecular formula is C11H12N2O4. The summed E-state index contributed by atoms with van der Waals surface area (Å²) in [7, 11) is 0. The Kier molecular flexibility index (Phi) is 3.92. The number of nitrogens with one attached hydrogen (secondary N) is 1. The molecule has 0 aliphatic carbocycles. The first-order valence-corrected chi connectivity index (χ1v) is 5.00. The number of hydrogen-bond donors (Lipinski definition) is 1. The molecule has 0 aliphatic rings. The van der Waals surface area contributed by atoms with Gasteiger partial charge in [-0.25, -0.2) is 0 Å². The van der Waals surface area contributed by atoms with Crippen molar-refractivity contribution in [3.63, 3.8) is 0 Å². The lowest BCUT2D eigenvalue weighted by Gasteiger charge is -2.07. The number of benzene rings is 1. The minimum Gasteiger partial charge on any atom is -0.326 e. The Bertz CT molecular complexity index is 469. The first-order chi connectivity index (χ1) is 7.95. The van der Waals surface area contributed by atoms with Gasteiger partial charge >= 0.3 is 0 Å². The molecule has 1 N–H and O–H groups in total. The quantitative estimate of drug-likeness (QED) is 0.492. The predicted molar refractivity (Wildman–Crippen MR) is 62.0 cm³/mol. The van der Waals surface area contributed by atoms with Crippen LogP contribution < -0.4 is 5.32 Å². The van der Waals surface area contributed by atoms with Gasteiger partial charge in [-0.15, -0.1) is 0 Å². The van der Waals surface area contributed by atoms with E-state index in [0.29, 0.717) is 12.0 Å². The fraction of sp³-hybridized carbons (Fsp3) is 0.273. The summed E-state index contributed by atoms with van der Waals surface area (Å²) in [6.07, 6.45) is 0.392. The molecule has 6 heteroatoms. The Morgan fingerprint density at radius 2 is 2.12 bits per heavy atom. The highest BCUT2D eigenvalue weighted by Crippen LogP contribution is 2.21. The molecule has 0 atom stereocenters. The number of nitro groups is 1. The summed E-state index contributed by atoms with van der Waals surface area (Å²) < 4.78 is 0. The Balaban J connectivity index is 3.02. The molecule has 6 nitrogen and oxygen atoms in total. The standard InChI is InChI=1S/C11H12N2O4/c1-7(2)11(15)12-9-3-4-10(13(16)17)8(5-9)6-14/h3-7H,1-2H3,(H,12,15). The third-order valence-corrected chi connectivity index (χ3v) is 2.14. The molecule has 0 aliphatic heterocycles. The smallest absolute Gasteiger partial charge is 0.280 e. The van der Waals surface area contributed by atoms with E-state index >= 15 is 0 Å². The fourth-order valence-corrected chi connectivity index (χ4v) is 1.18. The van der Waals surface area contributed by atoms with Gasteiger partial charge in [0.2, 0.25) is 5.91 Å². The van der Waals surface area contributed by atoms with Gasteiger partial charge in [-0.05, 0) is 12.1 Å². The van der Waals surface area contributed by atoms with Gasteiger partial charge in [-0.3, -0.25) is 19.7 Å². The number of aldehydes is 1. The van der Waals surface area contributed by atoms with Crippen LogP contribution in [0.15, 0.2) is 18.2 Å². The molecule has 0 spiro atoms. The van der Waals surface area contributed by atoms with E-state index < -0.39 is 4.92 Å². The summed E-state index contributed by atoms with van der Waals surface area (Å²) in [4.78, 5) is 32.0. The molecule has 17 heavy (non-hydrogen) atoms. The SMILES string of the molecule is CC(C)C(=O)Nc1ccc([N+](=O)[O-])c(C=O)c1. The largest absolute Gasteiger partial charge is 0.326 e. The highest BCUT2D eigenvalue weighted by molar-refractivity contribution is 5.93. The summed E-state index contributed by atoms with van der Waals surface area (Å²) in [5, 5.41) is 13.1. The molecule has 1 aromatic rings. The summed E-state index contributed by atoms with van der Waals surface area (Å²) in [6, 6.07) is 3.87. The van der Waals surface area contributed by atoms with Crippen molar-refractivity contribution >= 4 is 23.6 Å². The molecule has 90 valence electrons. The van der Waals surface area contributed by atoms with Crippen LogP contribution in [0.5, 0.6) is 0 Å². The third-order valence-electron chi connectivity index (χ3n) is 2.14. The Morgan fingerprint density at radius 3 is 2.59 bits per heavy atom. The molecule has 0 radical (unpaired) electrons. The maximum absolute atomic E-state index is 11.4. The van der Waals surface area contributed by atoms with Crippen LogP contribution in [0, 0.1) is 16.0 Å². The van der Waals surface area contributed by atoms with Gasteiger partial charge in [0.15, 0.2) is 6.29 Å². The average Bonchev–Trinajstić information content (AvgIpc) is 2.28. The summed E-state index contributed by atoms with van der Waals surface area (Å²) >= 11 is 0. The second-order valence-corrected chi connectivity index (χ2v) is 3.79. The van der Waals surface area contributed by atoms with Crippen LogP contribution in [0.1, 0.15) is 24.2 Å². The minimum absolute atomic E-state index is 0.0587. The number of carbonyl (C=O) groups is 2. The summed E-state index contributed by atoms with van der Waals surface area (Å²) in [6.45, 7) is 3.45. The van der Waals surface area contributed by atoms with Crippen molar-refractivity contribution in [1.29, 1.82) is 0 Å². The van der Waals surface area contributed by atoms with E-state index in [1.165, 1.54) is 18.2 Å². The Labute approximate surface area is 97.8 Å². The number of hydrogen-bond acceptors (Lipinski definition) is 4. The van der Waals surface area contributed by atoms with Gasteiger partial charge < -0.3 is 5.32 Å². The normalized spacial score (nSPS) is 10.1. The fourth-order valence-electron chi connectivity index (χ4n) is 1.18. The zero-order chi connectivity index (χ0) is 13.0. The molecule has 0 heterocycles. The zero-order valence-corrected chi connectivity index (χ0v) is 9.47. The van der Waals surface area contributed by atoms with Gasteiger partial charge in [-0.2, -0.15) is 0 Å². The number of rotatable bonds is 4. The number of nitrogens with zero attached hydrogens (tertiary/aromatic N) is 1. The lowest BCUT2D eigenvalue weighted by atomic mass is 10.1. The second-order valence-electron chi connectivity index (χ2n) is 3.79. The molecule has 1 rings (SSSR count). The van der Waals surface area contributed by atoms with E-state index in [2.05, 4.69) is 5.32 Å². The highest BCUT2D eigenvalue weighted by atomic mass is 16.6. The van der Waals surface area contributed by atoms with E-state index in [9.17, 15) is 19.7 Å². The molecule has 1 amide bonds. The van der Waals surface area contributed by atoms with Gasteiger partial charge in [0.1, 0.15) is 0 Å². The second kappa shape index (κ2) is 5.20. The monoisotopic (exact) mass is 236 g/mol. The van der Waals surface area contributed by atoms with Crippen LogP contribution >= 0.6 is 0 Å². The van der Waals surface area contributed by atoms with Crippen molar-refractivity contribution in [2.45, 2.75) is 13.8 Å². The van der Waals surface area contributed by atoms with Crippen LogP contribution in [0.25, 0.3) is 0 Å². The summed E-state index contributed by atoms with van der Waals surface area (Å²) in [5.41, 5.74) is 0.0375. The predicted octanol–water partition coefficient (Wildman–Crippen LogP) is 2.00. The maximum Gasteiger partial charge on any atom is 0.280 e. The van der Waals surface area contributed by atoms with Crippen LogP contribution in [0.3, 0.4) is 0 Å². The van der Waals surface area contributed by atoms with Crippen molar-refractivity contribution in [3.8, 4) is 0 Å². The van der Waals surface area contributed by atoms with Crippen LogP contribution in [-0.2, 0) is 4.79 Å². The topological polar surface area (TPSA) is 89.3 Å². The van der Waals surface area contributed by atoms with Gasteiger partial charge in [0.25, 0.3) is 5.69 Å². The Hall–Kier alpha value is -2.24. The van der Waals surface area contributed by atoms with E-state index in [0.717, 1.165) is 0 Å². The maximum atomic E-state index is 11.4. The molecule has 0 saturated carbocycles. The van der Waals surface area contributed by atoms with Gasteiger partial charge in [0, 0.05) is 17.7 Å². The van der Waals surface area contributed by atoms with Crippen LogP contribution in [0.2, 0.25) is 0 Å². The number of anilines is 1. The average molecular weight is 236 g/mol. The molecule has 1 aromatic carbocycles. The van der Waals surface area contributed by atoms with Crippen molar-refractivity contribution in [1.82, 2.24) is 0 Å². The first-order valence-electron chi connectivity index (χ1n) is 5.00. The van der Waals surface area contributed by atoms with Crippen LogP contribution in [0.4, 0.5) is 11.4 Å². The highest BCUT2D eigenvalue weighted by Gasteiger charge is 2.14. The van der Waals surface area contributed by atoms with Gasteiger partial charge in [-0.1, -0.05) is 13.8 Å². The van der Waals surface area contributed by atoms with E-state index in [1.54, 1.807) is 13.8 Å². The first kappa shape index (κ1) is 12.8. The van der Waals surface area contributed by atoms with E-state index in [4.69, 9.17) is 0 Å². The lowest BCUT2D eigenvalue weighted by Crippen LogP contribution is -2.17. The molecular weight excluding hydrogens is 224 g/mol. The van der Waals surface area contributed by atoms with Crippen LogP contribution in [-0.4, -0.2) is 17.1 Å². The molecule has 0 bridgehead atoms. The molecule has 0 saturated heterocycles. The molecule has 0 aromatic heterocycles. The zero-order valence-electron chi connectivity index (χ0n) is 9.47. The minimum atomic E-state index is -0.641. The Morgan fingerprint density at radius 1 is 1.47 bits per heavy atom.